The zero-order chi connectivity index (χ0) is 25.4. The molecule has 1 aliphatic rings. The first-order chi connectivity index (χ1) is 17.2. The minimum absolute atomic E-state index is 0.0247. The van der Waals surface area contributed by atoms with Crippen LogP contribution in [0.3, 0.4) is 0 Å². The molecular weight excluding hydrogens is 478 g/mol. The average Bonchev–Trinajstić information content (AvgIpc) is 3.42. The summed E-state index contributed by atoms with van der Waals surface area (Å²) in [6.07, 6.45) is -2.16. The highest BCUT2D eigenvalue weighted by Gasteiger charge is 2.32. The number of carbonyl (C=O) groups is 1. The van der Waals surface area contributed by atoms with Crippen molar-refractivity contribution < 1.29 is 27.5 Å². The fraction of sp³-hybridized carbons (Fsp3) is 0.240. The number of β-amino-alcohol motifs (C(OH)–C–C–N with tert-alkyl or cyclic N) is 1. The standard InChI is InChI=1S/C25H21F4N5O2/c26-18-3-1-2-15(8-18)13-34-21(10-16-9-17(25(27,28)29)11-31-23(16)34)24(36)32-19-4-5-22(30-12-19)33-7-6-20(35)14-33/h1-5,8-12,20,35H,6-7,13-14H2,(H,32,36). The molecule has 11 heteroatoms. The van der Waals surface area contributed by atoms with Crippen molar-refractivity contribution in [2.45, 2.75) is 25.2 Å². The monoisotopic (exact) mass is 499 g/mol. The van der Waals surface area contributed by atoms with Crippen molar-refractivity contribution in [2.24, 2.45) is 0 Å². The first kappa shape index (κ1) is 23.7. The number of aromatic nitrogens is 3. The second kappa shape index (κ2) is 9.23. The van der Waals surface area contributed by atoms with E-state index >= 15 is 0 Å². The van der Waals surface area contributed by atoms with Crippen molar-refractivity contribution in [3.63, 3.8) is 0 Å². The van der Waals surface area contributed by atoms with Crippen LogP contribution < -0.4 is 10.2 Å². The van der Waals surface area contributed by atoms with Gasteiger partial charge in [0.05, 0.1) is 23.6 Å². The van der Waals surface area contributed by atoms with Gasteiger partial charge in [0.2, 0.25) is 0 Å². The number of anilines is 2. The largest absolute Gasteiger partial charge is 0.417 e. The first-order valence-electron chi connectivity index (χ1n) is 11.2. The van der Waals surface area contributed by atoms with Crippen molar-refractivity contribution in [2.75, 3.05) is 23.3 Å². The number of hydrogen-bond donors (Lipinski definition) is 2. The number of carbonyl (C=O) groups excluding carboxylic acids is 1. The summed E-state index contributed by atoms with van der Waals surface area (Å²) in [4.78, 5) is 23.4. The first-order valence-corrected chi connectivity index (χ1v) is 11.2. The van der Waals surface area contributed by atoms with Crippen molar-refractivity contribution in [3.8, 4) is 0 Å². The molecule has 0 bridgehead atoms. The maximum Gasteiger partial charge on any atom is 0.417 e. The van der Waals surface area contributed by atoms with Gasteiger partial charge in [-0.2, -0.15) is 13.2 Å². The van der Waals surface area contributed by atoms with Crippen molar-refractivity contribution in [1.29, 1.82) is 0 Å². The molecule has 1 unspecified atom stereocenters. The third kappa shape index (κ3) is 4.87. The van der Waals surface area contributed by atoms with Crippen LogP contribution in [0.4, 0.5) is 29.1 Å². The fourth-order valence-electron chi connectivity index (χ4n) is 4.26. The van der Waals surface area contributed by atoms with Crippen molar-refractivity contribution >= 4 is 28.4 Å². The number of halogens is 4. The molecule has 5 rings (SSSR count). The molecule has 1 aromatic carbocycles. The molecule has 7 nitrogen and oxygen atoms in total. The summed E-state index contributed by atoms with van der Waals surface area (Å²) >= 11 is 0. The van der Waals surface area contributed by atoms with Crippen LogP contribution in [0.25, 0.3) is 11.0 Å². The van der Waals surface area contributed by atoms with Gasteiger partial charge in [0.15, 0.2) is 0 Å². The molecule has 0 aliphatic carbocycles. The van der Waals surface area contributed by atoms with Gasteiger partial charge in [0.1, 0.15) is 23.0 Å². The zero-order valence-corrected chi connectivity index (χ0v) is 18.8. The minimum atomic E-state index is -4.59. The lowest BCUT2D eigenvalue weighted by molar-refractivity contribution is -0.137. The minimum Gasteiger partial charge on any atom is -0.391 e. The summed E-state index contributed by atoms with van der Waals surface area (Å²) in [5.74, 6) is -0.392. The Morgan fingerprint density at radius 3 is 2.61 bits per heavy atom. The number of rotatable bonds is 5. The zero-order valence-electron chi connectivity index (χ0n) is 18.8. The lowest BCUT2D eigenvalue weighted by atomic mass is 10.2. The molecule has 186 valence electrons. The van der Waals surface area contributed by atoms with Crippen molar-refractivity contribution in [1.82, 2.24) is 14.5 Å². The van der Waals surface area contributed by atoms with Gasteiger partial charge >= 0.3 is 6.18 Å². The Bertz CT molecular complexity index is 1420. The normalized spacial score (nSPS) is 16.0. The highest BCUT2D eigenvalue weighted by atomic mass is 19.4. The number of aliphatic hydroxyl groups is 1. The average molecular weight is 499 g/mol. The molecule has 1 saturated heterocycles. The molecule has 4 aromatic rings. The van der Waals surface area contributed by atoms with E-state index in [-0.39, 0.29) is 23.3 Å². The van der Waals surface area contributed by atoms with Gasteiger partial charge < -0.3 is 19.9 Å². The lowest BCUT2D eigenvalue weighted by Gasteiger charge is -2.16. The summed E-state index contributed by atoms with van der Waals surface area (Å²) in [6, 6.07) is 11.4. The van der Waals surface area contributed by atoms with Gasteiger partial charge in [0.25, 0.3) is 5.91 Å². The molecule has 1 fully saturated rings. The molecule has 1 atom stereocenters. The Balaban J connectivity index is 1.46. The Morgan fingerprint density at radius 1 is 1.11 bits per heavy atom. The predicted molar refractivity (Wildman–Crippen MR) is 125 cm³/mol. The predicted octanol–water partition coefficient (Wildman–Crippen LogP) is 4.46. The highest BCUT2D eigenvalue weighted by molar-refractivity contribution is 6.06. The van der Waals surface area contributed by atoms with Crippen LogP contribution in [0.5, 0.6) is 0 Å². The fourth-order valence-corrected chi connectivity index (χ4v) is 4.26. The Labute approximate surface area is 203 Å². The van der Waals surface area contributed by atoms with Crippen LogP contribution in [-0.4, -0.2) is 44.7 Å². The molecule has 0 spiro atoms. The summed E-state index contributed by atoms with van der Waals surface area (Å²) < 4.78 is 54.9. The number of alkyl halides is 3. The number of benzene rings is 1. The third-order valence-electron chi connectivity index (χ3n) is 6.02. The SMILES string of the molecule is O=C(Nc1ccc(N2CCC(O)C2)nc1)c1cc2cc(C(F)(F)F)cnc2n1Cc1cccc(F)c1. The molecule has 0 radical (unpaired) electrons. The lowest BCUT2D eigenvalue weighted by Crippen LogP contribution is -2.22. The molecule has 3 aromatic heterocycles. The maximum absolute atomic E-state index is 13.8. The number of nitrogens with zero attached hydrogens (tertiary/aromatic N) is 4. The third-order valence-corrected chi connectivity index (χ3v) is 6.02. The number of pyridine rings is 2. The molecular formula is C25H21F4N5O2. The van der Waals surface area contributed by atoms with E-state index < -0.39 is 29.6 Å². The maximum atomic E-state index is 13.8. The van der Waals surface area contributed by atoms with E-state index in [1.54, 1.807) is 18.2 Å². The summed E-state index contributed by atoms with van der Waals surface area (Å²) in [5.41, 5.74) is 0.194. The van der Waals surface area contributed by atoms with E-state index in [1.807, 2.05) is 4.90 Å². The van der Waals surface area contributed by atoms with Gasteiger partial charge in [-0.1, -0.05) is 12.1 Å². The Hall–Kier alpha value is -3.99. The van der Waals surface area contributed by atoms with Crippen LogP contribution >= 0.6 is 0 Å². The van der Waals surface area contributed by atoms with E-state index in [4.69, 9.17) is 0 Å². The van der Waals surface area contributed by atoms with E-state index in [0.717, 1.165) is 6.07 Å². The highest BCUT2D eigenvalue weighted by Crippen LogP contribution is 2.32. The van der Waals surface area contributed by atoms with Crippen LogP contribution in [0.1, 0.15) is 28.0 Å². The van der Waals surface area contributed by atoms with Crippen molar-refractivity contribution in [3.05, 3.63) is 83.6 Å². The summed E-state index contributed by atoms with van der Waals surface area (Å²) in [5, 5.41) is 12.6. The van der Waals surface area contributed by atoms with Crippen LogP contribution in [-0.2, 0) is 12.7 Å². The molecule has 2 N–H and O–H groups in total. The van der Waals surface area contributed by atoms with Gasteiger partial charge in [-0.15, -0.1) is 0 Å². The van der Waals surface area contributed by atoms with Gasteiger partial charge in [-0.05, 0) is 48.4 Å². The Kier molecular flexibility index (Phi) is 6.09. The molecule has 4 heterocycles. The quantitative estimate of drug-likeness (QED) is 0.396. The second-order valence-corrected chi connectivity index (χ2v) is 8.63. The topological polar surface area (TPSA) is 83.3 Å². The molecule has 0 saturated carbocycles. The molecule has 1 amide bonds. The van der Waals surface area contributed by atoms with Gasteiger partial charge in [-0.3, -0.25) is 4.79 Å². The Morgan fingerprint density at radius 2 is 1.94 bits per heavy atom. The number of aliphatic hydroxyl groups excluding tert-OH is 1. The summed E-state index contributed by atoms with van der Waals surface area (Å²) in [6.45, 7) is 1.18. The number of fused-ring (bicyclic) bond motifs is 1. The van der Waals surface area contributed by atoms with Crippen LogP contribution in [0, 0.1) is 5.82 Å². The summed E-state index contributed by atoms with van der Waals surface area (Å²) in [7, 11) is 0. The second-order valence-electron chi connectivity index (χ2n) is 8.63. The van der Waals surface area contributed by atoms with Crippen LogP contribution in [0.2, 0.25) is 0 Å². The molecule has 1 aliphatic heterocycles. The molecule has 36 heavy (non-hydrogen) atoms. The van der Waals surface area contributed by atoms with E-state index in [9.17, 15) is 27.5 Å². The smallest absolute Gasteiger partial charge is 0.391 e. The van der Waals surface area contributed by atoms with E-state index in [0.29, 0.717) is 42.8 Å². The number of hydrogen-bond acceptors (Lipinski definition) is 5. The van der Waals surface area contributed by atoms with E-state index in [1.165, 1.54) is 35.0 Å². The number of nitrogens with one attached hydrogen (secondary N) is 1. The van der Waals surface area contributed by atoms with Gasteiger partial charge in [-0.25, -0.2) is 14.4 Å². The van der Waals surface area contributed by atoms with Crippen LogP contribution in [0.15, 0.2) is 60.9 Å². The van der Waals surface area contributed by atoms with E-state index in [2.05, 4.69) is 15.3 Å². The number of amides is 1. The van der Waals surface area contributed by atoms with Gasteiger partial charge in [0, 0.05) is 31.2 Å².